The molecule has 1 unspecified atom stereocenters. The smallest absolute Gasteiger partial charge is 0.350 e. The van der Waals surface area contributed by atoms with E-state index >= 15 is 0 Å². The summed E-state index contributed by atoms with van der Waals surface area (Å²) in [5.74, 6) is -2.77. The summed E-state index contributed by atoms with van der Waals surface area (Å²) in [6.07, 6.45) is 0.891. The van der Waals surface area contributed by atoms with Crippen LogP contribution in [0.3, 0.4) is 0 Å². The Balaban J connectivity index is 2.72. The first-order chi connectivity index (χ1) is 9.41. The highest BCUT2D eigenvalue weighted by molar-refractivity contribution is 6.02. The van der Waals surface area contributed by atoms with Crippen LogP contribution in [0.4, 0.5) is 5.69 Å². The number of nitrogen functional groups attached to an aromatic ring is 1. The van der Waals surface area contributed by atoms with E-state index in [4.69, 9.17) is 15.6 Å². The van der Waals surface area contributed by atoms with Crippen molar-refractivity contribution < 1.29 is 24.5 Å². The normalized spacial score (nSPS) is 13.5. The molecule has 0 bridgehead atoms. The lowest BCUT2D eigenvalue weighted by Gasteiger charge is -2.21. The molecule has 0 radical (unpaired) electrons. The van der Waals surface area contributed by atoms with E-state index in [2.05, 4.69) is 0 Å². The van der Waals surface area contributed by atoms with Crippen molar-refractivity contribution in [3.05, 3.63) is 29.8 Å². The standard InChI is InChI=1S/C14H19NO5/c1-2-3-8-14(19,12(16)17)13(18)20-9-10-6-4-5-7-11(10)15/h4-7,19H,2-3,8-9,15H2,1H3,(H,16,17). The molecule has 0 aliphatic rings. The number of aliphatic hydroxyl groups is 1. The molecule has 0 aliphatic carbocycles. The Morgan fingerprint density at radius 3 is 2.55 bits per heavy atom. The number of unbranched alkanes of at least 4 members (excludes halogenated alkanes) is 1. The summed E-state index contributed by atoms with van der Waals surface area (Å²) < 4.78 is 4.88. The van der Waals surface area contributed by atoms with E-state index in [1.54, 1.807) is 24.3 Å². The number of esters is 1. The third kappa shape index (κ3) is 3.71. The molecule has 6 nitrogen and oxygen atoms in total. The van der Waals surface area contributed by atoms with Crippen LogP contribution < -0.4 is 5.73 Å². The molecule has 1 aromatic carbocycles. The number of hydrogen-bond donors (Lipinski definition) is 3. The topological polar surface area (TPSA) is 110 Å². The molecule has 110 valence electrons. The third-order valence-corrected chi connectivity index (χ3v) is 3.00. The molecule has 0 saturated carbocycles. The average molecular weight is 281 g/mol. The lowest BCUT2D eigenvalue weighted by Crippen LogP contribution is -2.47. The van der Waals surface area contributed by atoms with Gasteiger partial charge in [-0.05, 0) is 18.9 Å². The van der Waals surface area contributed by atoms with Gasteiger partial charge in [-0.2, -0.15) is 0 Å². The van der Waals surface area contributed by atoms with Crippen molar-refractivity contribution in [1.82, 2.24) is 0 Å². The summed E-state index contributed by atoms with van der Waals surface area (Å²) in [5, 5.41) is 18.9. The Labute approximate surface area is 117 Å². The van der Waals surface area contributed by atoms with Crippen LogP contribution in [0.5, 0.6) is 0 Å². The number of carbonyl (C=O) groups excluding carboxylic acids is 1. The SMILES string of the molecule is CCCCC(O)(C(=O)O)C(=O)OCc1ccccc1N. The summed E-state index contributed by atoms with van der Waals surface area (Å²) in [5.41, 5.74) is 4.18. The van der Waals surface area contributed by atoms with Gasteiger partial charge in [-0.1, -0.05) is 31.5 Å². The van der Waals surface area contributed by atoms with Gasteiger partial charge in [0.2, 0.25) is 0 Å². The Hall–Kier alpha value is -2.08. The second kappa shape index (κ2) is 6.91. The fourth-order valence-electron chi connectivity index (χ4n) is 1.66. The van der Waals surface area contributed by atoms with Crippen molar-refractivity contribution in [2.24, 2.45) is 0 Å². The zero-order valence-corrected chi connectivity index (χ0v) is 11.3. The van der Waals surface area contributed by atoms with Crippen LogP contribution in [0.1, 0.15) is 31.7 Å². The van der Waals surface area contributed by atoms with Crippen LogP contribution in [0.15, 0.2) is 24.3 Å². The highest BCUT2D eigenvalue weighted by Crippen LogP contribution is 2.19. The lowest BCUT2D eigenvalue weighted by atomic mass is 9.97. The number of aliphatic carboxylic acids is 1. The lowest BCUT2D eigenvalue weighted by molar-refractivity contribution is -0.181. The van der Waals surface area contributed by atoms with Crippen LogP contribution >= 0.6 is 0 Å². The number of carboxylic acids is 1. The highest BCUT2D eigenvalue weighted by atomic mass is 16.6. The van der Waals surface area contributed by atoms with E-state index < -0.39 is 17.5 Å². The van der Waals surface area contributed by atoms with Gasteiger partial charge in [-0.15, -0.1) is 0 Å². The molecule has 6 heteroatoms. The number of ether oxygens (including phenoxy) is 1. The predicted octanol–water partition coefficient (Wildman–Crippen LogP) is 1.32. The van der Waals surface area contributed by atoms with E-state index in [0.717, 1.165) is 0 Å². The highest BCUT2D eigenvalue weighted by Gasteiger charge is 2.45. The number of carboxylic acid groups (broad SMARTS) is 1. The fraction of sp³-hybridized carbons (Fsp3) is 0.429. The summed E-state index contributed by atoms with van der Waals surface area (Å²) in [6, 6.07) is 6.76. The van der Waals surface area contributed by atoms with Gasteiger partial charge in [0.15, 0.2) is 0 Å². The summed E-state index contributed by atoms with van der Waals surface area (Å²) >= 11 is 0. The van der Waals surface area contributed by atoms with Crippen molar-refractivity contribution in [2.75, 3.05) is 5.73 Å². The van der Waals surface area contributed by atoms with Gasteiger partial charge in [-0.3, -0.25) is 0 Å². The van der Waals surface area contributed by atoms with E-state index in [-0.39, 0.29) is 13.0 Å². The molecule has 1 aromatic rings. The number of rotatable bonds is 7. The predicted molar refractivity (Wildman–Crippen MR) is 72.8 cm³/mol. The summed E-state index contributed by atoms with van der Waals surface area (Å²) in [7, 11) is 0. The minimum atomic E-state index is -2.50. The largest absolute Gasteiger partial charge is 0.479 e. The first-order valence-corrected chi connectivity index (χ1v) is 6.38. The molecule has 0 saturated heterocycles. The zero-order chi connectivity index (χ0) is 15.2. The van der Waals surface area contributed by atoms with Crippen LogP contribution in [-0.2, 0) is 20.9 Å². The van der Waals surface area contributed by atoms with Gasteiger partial charge < -0.3 is 20.7 Å². The van der Waals surface area contributed by atoms with Crippen LogP contribution in [0.25, 0.3) is 0 Å². The van der Waals surface area contributed by atoms with Crippen LogP contribution in [0, 0.1) is 0 Å². The van der Waals surface area contributed by atoms with Crippen molar-refractivity contribution in [2.45, 2.75) is 38.4 Å². The molecule has 0 aromatic heterocycles. The maximum Gasteiger partial charge on any atom is 0.350 e. The number of nitrogens with two attached hydrogens (primary N) is 1. The van der Waals surface area contributed by atoms with Crippen molar-refractivity contribution in [1.29, 1.82) is 0 Å². The van der Waals surface area contributed by atoms with E-state index in [1.807, 2.05) is 6.92 Å². The van der Waals surface area contributed by atoms with E-state index in [1.165, 1.54) is 0 Å². The monoisotopic (exact) mass is 281 g/mol. The molecule has 0 heterocycles. The van der Waals surface area contributed by atoms with Crippen molar-refractivity contribution in [3.8, 4) is 0 Å². The average Bonchev–Trinajstić information content (AvgIpc) is 2.43. The minimum Gasteiger partial charge on any atom is -0.479 e. The zero-order valence-electron chi connectivity index (χ0n) is 11.3. The van der Waals surface area contributed by atoms with Crippen LogP contribution in [-0.4, -0.2) is 27.8 Å². The molecule has 20 heavy (non-hydrogen) atoms. The number of anilines is 1. The van der Waals surface area contributed by atoms with Gasteiger partial charge in [-0.25, -0.2) is 9.59 Å². The van der Waals surface area contributed by atoms with Gasteiger partial charge in [0.05, 0.1) is 0 Å². The van der Waals surface area contributed by atoms with Crippen molar-refractivity contribution in [3.63, 3.8) is 0 Å². The molecule has 4 N–H and O–H groups in total. The molecular weight excluding hydrogens is 262 g/mol. The number of para-hydroxylation sites is 1. The molecule has 0 aliphatic heterocycles. The van der Waals surface area contributed by atoms with E-state index in [9.17, 15) is 14.7 Å². The molecule has 1 rings (SSSR count). The number of benzene rings is 1. The second-order valence-corrected chi connectivity index (χ2v) is 4.54. The first-order valence-electron chi connectivity index (χ1n) is 6.38. The Bertz CT molecular complexity index is 488. The Morgan fingerprint density at radius 2 is 2.00 bits per heavy atom. The Kier molecular flexibility index (Phi) is 5.52. The summed E-state index contributed by atoms with van der Waals surface area (Å²) in [6.45, 7) is 1.66. The third-order valence-electron chi connectivity index (χ3n) is 3.00. The van der Waals surface area contributed by atoms with Crippen LogP contribution in [0.2, 0.25) is 0 Å². The number of carbonyl (C=O) groups is 2. The van der Waals surface area contributed by atoms with Gasteiger partial charge in [0.25, 0.3) is 5.60 Å². The molecule has 0 spiro atoms. The fourth-order valence-corrected chi connectivity index (χ4v) is 1.66. The Morgan fingerprint density at radius 1 is 1.35 bits per heavy atom. The molecular formula is C14H19NO5. The van der Waals surface area contributed by atoms with Gasteiger partial charge >= 0.3 is 11.9 Å². The first kappa shape index (κ1) is 16.0. The molecule has 1 atom stereocenters. The maximum atomic E-state index is 11.8. The second-order valence-electron chi connectivity index (χ2n) is 4.54. The van der Waals surface area contributed by atoms with E-state index in [0.29, 0.717) is 24.1 Å². The number of hydrogen-bond acceptors (Lipinski definition) is 5. The minimum absolute atomic E-state index is 0.173. The molecule has 0 fully saturated rings. The molecule has 0 amide bonds. The van der Waals surface area contributed by atoms with Crippen molar-refractivity contribution >= 4 is 17.6 Å². The van der Waals surface area contributed by atoms with Gasteiger partial charge in [0.1, 0.15) is 6.61 Å². The summed E-state index contributed by atoms with van der Waals surface area (Å²) in [4.78, 5) is 22.9. The maximum absolute atomic E-state index is 11.8. The quantitative estimate of drug-likeness (QED) is 0.395. The van der Waals surface area contributed by atoms with Gasteiger partial charge in [0, 0.05) is 11.3 Å².